The van der Waals surface area contributed by atoms with Crippen molar-refractivity contribution >= 4 is 15.9 Å². The number of sulfonamides is 1. The van der Waals surface area contributed by atoms with Gasteiger partial charge >= 0.3 is 6.18 Å². The van der Waals surface area contributed by atoms with E-state index in [-0.39, 0.29) is 30.8 Å². The van der Waals surface area contributed by atoms with Crippen LogP contribution in [0.2, 0.25) is 0 Å². The van der Waals surface area contributed by atoms with Crippen LogP contribution in [0.3, 0.4) is 0 Å². The lowest BCUT2D eigenvalue weighted by Gasteiger charge is -2.14. The first-order valence-corrected chi connectivity index (χ1v) is 12.3. The molecule has 0 fully saturated rings. The van der Waals surface area contributed by atoms with Gasteiger partial charge in [0.1, 0.15) is 11.5 Å². The number of aryl methyl sites for hydroxylation is 1. The molecule has 3 rings (SSSR count). The fourth-order valence-corrected chi connectivity index (χ4v) is 3.74. The quantitative estimate of drug-likeness (QED) is 0.447. The Balaban J connectivity index is 1.73. The van der Waals surface area contributed by atoms with Crippen molar-refractivity contribution in [2.75, 3.05) is 6.26 Å². The molecule has 0 unspecified atom stereocenters. The van der Waals surface area contributed by atoms with Crippen LogP contribution < -0.4 is 10.0 Å². The Labute approximate surface area is 200 Å². The summed E-state index contributed by atoms with van der Waals surface area (Å²) in [6, 6.07) is 13.0. The van der Waals surface area contributed by atoms with Crippen molar-refractivity contribution in [1.82, 2.24) is 15.0 Å². The van der Waals surface area contributed by atoms with Crippen molar-refractivity contribution in [3.63, 3.8) is 0 Å². The standard InChI is InChI=1S/C24H23F4N3O3S/c1-15-4-3-5-17(10-15)23-19(8-9-21(31-23)24(26,27)28)13-29-22(32)12-16-6-7-18(20(25)11-16)14-30-35(2,33)34/h3-11,30H,12-14H2,1-2H3,(H,29,32). The molecule has 0 aliphatic heterocycles. The van der Waals surface area contributed by atoms with Gasteiger partial charge in [-0.1, -0.05) is 42.0 Å². The molecule has 0 bridgehead atoms. The van der Waals surface area contributed by atoms with Crippen LogP contribution in [0.5, 0.6) is 0 Å². The monoisotopic (exact) mass is 509 g/mol. The lowest BCUT2D eigenvalue weighted by atomic mass is 10.0. The van der Waals surface area contributed by atoms with Gasteiger partial charge in [0.25, 0.3) is 0 Å². The molecule has 2 N–H and O–H groups in total. The molecule has 0 atom stereocenters. The number of halogens is 4. The van der Waals surface area contributed by atoms with Gasteiger partial charge in [-0.15, -0.1) is 0 Å². The highest BCUT2D eigenvalue weighted by molar-refractivity contribution is 7.88. The number of alkyl halides is 3. The van der Waals surface area contributed by atoms with E-state index in [1.54, 1.807) is 31.2 Å². The minimum atomic E-state index is -4.62. The van der Waals surface area contributed by atoms with Gasteiger partial charge < -0.3 is 5.32 Å². The van der Waals surface area contributed by atoms with E-state index in [2.05, 4.69) is 15.0 Å². The lowest BCUT2D eigenvalue weighted by molar-refractivity contribution is -0.141. The summed E-state index contributed by atoms with van der Waals surface area (Å²) < 4.78 is 78.5. The predicted molar refractivity (Wildman–Crippen MR) is 123 cm³/mol. The number of hydrogen-bond donors (Lipinski definition) is 2. The maximum absolute atomic E-state index is 14.3. The molecule has 1 heterocycles. The number of benzene rings is 2. The summed E-state index contributed by atoms with van der Waals surface area (Å²) in [6.45, 7) is 1.51. The molecule has 6 nitrogen and oxygen atoms in total. The normalized spacial score (nSPS) is 11.9. The van der Waals surface area contributed by atoms with Crippen LogP contribution in [0.25, 0.3) is 11.3 Å². The van der Waals surface area contributed by atoms with Crippen molar-refractivity contribution < 1.29 is 30.8 Å². The van der Waals surface area contributed by atoms with Crippen LogP contribution in [-0.4, -0.2) is 25.6 Å². The van der Waals surface area contributed by atoms with Gasteiger partial charge in [-0.25, -0.2) is 22.5 Å². The van der Waals surface area contributed by atoms with Crippen molar-refractivity contribution in [1.29, 1.82) is 0 Å². The van der Waals surface area contributed by atoms with Crippen molar-refractivity contribution in [2.24, 2.45) is 0 Å². The van der Waals surface area contributed by atoms with Gasteiger partial charge in [0, 0.05) is 24.2 Å². The van der Waals surface area contributed by atoms with E-state index < -0.39 is 33.6 Å². The zero-order chi connectivity index (χ0) is 25.8. The number of rotatable bonds is 8. The zero-order valence-electron chi connectivity index (χ0n) is 18.9. The molecular weight excluding hydrogens is 486 g/mol. The second kappa shape index (κ2) is 10.5. The Kier molecular flexibility index (Phi) is 7.91. The van der Waals surface area contributed by atoms with E-state index in [1.807, 2.05) is 0 Å². The fraction of sp³-hybridized carbons (Fsp3) is 0.250. The van der Waals surface area contributed by atoms with Gasteiger partial charge in [-0.05, 0) is 36.2 Å². The topological polar surface area (TPSA) is 88.2 Å². The van der Waals surface area contributed by atoms with Crippen LogP contribution in [0.15, 0.2) is 54.6 Å². The molecule has 0 saturated heterocycles. The number of hydrogen-bond acceptors (Lipinski definition) is 4. The number of aromatic nitrogens is 1. The minimum absolute atomic E-state index is 0.0773. The molecule has 186 valence electrons. The number of pyridine rings is 1. The van der Waals surface area contributed by atoms with Crippen molar-refractivity contribution in [3.05, 3.63) is 88.4 Å². The zero-order valence-corrected chi connectivity index (χ0v) is 19.7. The third kappa shape index (κ3) is 7.59. The average molecular weight is 510 g/mol. The maximum Gasteiger partial charge on any atom is 0.433 e. The van der Waals surface area contributed by atoms with Crippen LogP contribution in [0.1, 0.15) is 27.9 Å². The predicted octanol–water partition coefficient (Wildman–Crippen LogP) is 4.12. The summed E-state index contributed by atoms with van der Waals surface area (Å²) in [6.07, 6.45) is -3.84. The smallest absolute Gasteiger partial charge is 0.352 e. The van der Waals surface area contributed by atoms with E-state index in [9.17, 15) is 30.8 Å². The summed E-state index contributed by atoms with van der Waals surface area (Å²) in [5.74, 6) is -1.14. The molecule has 0 spiro atoms. The highest BCUT2D eigenvalue weighted by atomic mass is 32.2. The van der Waals surface area contributed by atoms with Gasteiger partial charge in [-0.2, -0.15) is 13.2 Å². The van der Waals surface area contributed by atoms with E-state index in [0.717, 1.165) is 24.0 Å². The van der Waals surface area contributed by atoms with Gasteiger partial charge in [0.15, 0.2) is 0 Å². The first-order valence-electron chi connectivity index (χ1n) is 10.4. The van der Waals surface area contributed by atoms with E-state index >= 15 is 0 Å². The molecule has 3 aromatic rings. The fourth-order valence-electron chi connectivity index (χ4n) is 3.33. The molecule has 35 heavy (non-hydrogen) atoms. The molecule has 2 aromatic carbocycles. The first kappa shape index (κ1) is 26.3. The molecule has 1 aromatic heterocycles. The molecule has 1 amide bonds. The maximum atomic E-state index is 14.3. The Morgan fingerprint density at radius 3 is 2.34 bits per heavy atom. The highest BCUT2D eigenvalue weighted by Crippen LogP contribution is 2.31. The third-order valence-electron chi connectivity index (χ3n) is 5.04. The summed E-state index contributed by atoms with van der Waals surface area (Å²) in [5.41, 5.74) is 1.27. The Hall–Kier alpha value is -3.31. The van der Waals surface area contributed by atoms with Crippen LogP contribution in [-0.2, 0) is 40.5 Å². The summed E-state index contributed by atoms with van der Waals surface area (Å²) in [5, 5.41) is 2.64. The number of carbonyl (C=O) groups is 1. The Morgan fingerprint density at radius 2 is 1.71 bits per heavy atom. The SMILES string of the molecule is Cc1cccc(-c2nc(C(F)(F)F)ccc2CNC(=O)Cc2ccc(CNS(C)(=O)=O)c(F)c2)c1. The minimum Gasteiger partial charge on any atom is -0.352 e. The molecule has 11 heteroatoms. The van der Waals surface area contributed by atoms with Gasteiger partial charge in [-0.3, -0.25) is 4.79 Å². The van der Waals surface area contributed by atoms with E-state index in [1.165, 1.54) is 18.2 Å². The lowest BCUT2D eigenvalue weighted by Crippen LogP contribution is -2.25. The highest BCUT2D eigenvalue weighted by Gasteiger charge is 2.33. The van der Waals surface area contributed by atoms with E-state index in [4.69, 9.17) is 0 Å². The van der Waals surface area contributed by atoms with Crippen LogP contribution >= 0.6 is 0 Å². The summed E-state index contributed by atoms with van der Waals surface area (Å²) in [7, 11) is -3.49. The Morgan fingerprint density at radius 1 is 1.00 bits per heavy atom. The molecule has 0 aliphatic rings. The molecule has 0 saturated carbocycles. The summed E-state index contributed by atoms with van der Waals surface area (Å²) >= 11 is 0. The number of nitrogens with zero attached hydrogens (tertiary/aromatic N) is 1. The average Bonchev–Trinajstić information content (AvgIpc) is 2.76. The number of nitrogens with one attached hydrogen (secondary N) is 2. The van der Waals surface area contributed by atoms with E-state index in [0.29, 0.717) is 16.7 Å². The van der Waals surface area contributed by atoms with Crippen LogP contribution in [0.4, 0.5) is 17.6 Å². The second-order valence-electron chi connectivity index (χ2n) is 8.04. The van der Waals surface area contributed by atoms with Crippen molar-refractivity contribution in [3.8, 4) is 11.3 Å². The number of amides is 1. The van der Waals surface area contributed by atoms with Gasteiger partial charge in [0.05, 0.1) is 18.4 Å². The molecule has 0 aliphatic carbocycles. The first-order chi connectivity index (χ1) is 16.3. The summed E-state index contributed by atoms with van der Waals surface area (Å²) in [4.78, 5) is 16.2. The van der Waals surface area contributed by atoms with Crippen LogP contribution in [0, 0.1) is 12.7 Å². The van der Waals surface area contributed by atoms with Gasteiger partial charge in [0.2, 0.25) is 15.9 Å². The molecular formula is C24H23F4N3O3S. The number of carbonyl (C=O) groups excluding carboxylic acids is 1. The Bertz CT molecular complexity index is 1340. The third-order valence-corrected chi connectivity index (χ3v) is 5.71. The van der Waals surface area contributed by atoms with Crippen molar-refractivity contribution in [2.45, 2.75) is 32.6 Å². The molecule has 0 radical (unpaired) electrons. The second-order valence-corrected chi connectivity index (χ2v) is 9.88. The largest absolute Gasteiger partial charge is 0.433 e.